The van der Waals surface area contributed by atoms with Gasteiger partial charge in [0.25, 0.3) is 0 Å². The first-order valence-corrected chi connectivity index (χ1v) is 7.23. The van der Waals surface area contributed by atoms with Crippen LogP contribution in [0.4, 0.5) is 4.79 Å². The van der Waals surface area contributed by atoms with Crippen LogP contribution < -0.4 is 5.48 Å². The lowest BCUT2D eigenvalue weighted by atomic mass is 10.1. The molecule has 2 heterocycles. The number of pyridine rings is 1. The largest absolute Gasteiger partial charge is 0.465 e. The van der Waals surface area contributed by atoms with E-state index in [1.807, 2.05) is 12.1 Å². The lowest BCUT2D eigenvalue weighted by Crippen LogP contribution is -2.40. The number of hydrogen-bond donors (Lipinski definition) is 2. The van der Waals surface area contributed by atoms with E-state index >= 15 is 0 Å². The normalized spacial score (nSPS) is 15.5. The monoisotopic (exact) mass is 307 g/mol. The molecular weight excluding hydrogens is 286 g/mol. The number of amides is 1. The third-order valence-electron chi connectivity index (χ3n) is 3.46. The van der Waals surface area contributed by atoms with E-state index in [0.717, 1.165) is 18.4 Å². The number of carboxylic acid groups (broad SMARTS) is 1. The topological polar surface area (TPSA) is 83.9 Å². The van der Waals surface area contributed by atoms with Crippen molar-refractivity contribution < 1.29 is 19.5 Å². The van der Waals surface area contributed by atoms with E-state index < -0.39 is 6.09 Å². The van der Waals surface area contributed by atoms with Crippen LogP contribution >= 0.6 is 0 Å². The van der Waals surface area contributed by atoms with Gasteiger partial charge in [0.15, 0.2) is 0 Å². The fourth-order valence-electron chi connectivity index (χ4n) is 2.21. The standard InChI is InChI=1S/C15H21N3O4/c1-12(13-3-2-6-16-11-13)17-22-10-9-21-14-4-7-18(8-5-14)15(19)20/h2-3,6,11,14,17H,1,4-5,7-10H2,(H,19,20). The molecule has 1 amide bonds. The summed E-state index contributed by atoms with van der Waals surface area (Å²) in [5.74, 6) is 0. The van der Waals surface area contributed by atoms with Crippen molar-refractivity contribution in [2.24, 2.45) is 0 Å². The highest BCUT2D eigenvalue weighted by molar-refractivity contribution is 5.65. The molecule has 22 heavy (non-hydrogen) atoms. The number of nitrogens with zero attached hydrogens (tertiary/aromatic N) is 2. The number of hydroxylamine groups is 1. The summed E-state index contributed by atoms with van der Waals surface area (Å²) in [6.45, 7) is 5.75. The molecule has 120 valence electrons. The Morgan fingerprint density at radius 1 is 1.45 bits per heavy atom. The van der Waals surface area contributed by atoms with Crippen LogP contribution in [0.25, 0.3) is 5.70 Å². The number of hydrogen-bond acceptors (Lipinski definition) is 5. The van der Waals surface area contributed by atoms with Crippen LogP contribution in [-0.4, -0.2) is 53.5 Å². The first-order chi connectivity index (χ1) is 10.7. The number of piperidine rings is 1. The molecule has 0 radical (unpaired) electrons. The number of rotatable bonds is 7. The zero-order valence-electron chi connectivity index (χ0n) is 12.4. The maximum Gasteiger partial charge on any atom is 0.407 e. The third-order valence-corrected chi connectivity index (χ3v) is 3.46. The van der Waals surface area contributed by atoms with Crippen molar-refractivity contribution in [3.05, 3.63) is 36.7 Å². The average Bonchev–Trinajstić information content (AvgIpc) is 2.55. The van der Waals surface area contributed by atoms with Crippen molar-refractivity contribution in [1.82, 2.24) is 15.4 Å². The van der Waals surface area contributed by atoms with E-state index in [4.69, 9.17) is 14.7 Å². The van der Waals surface area contributed by atoms with E-state index in [9.17, 15) is 4.79 Å². The molecule has 0 bridgehead atoms. The quantitative estimate of drug-likeness (QED) is 0.589. The number of carbonyl (C=O) groups is 1. The lowest BCUT2D eigenvalue weighted by Gasteiger charge is -2.29. The van der Waals surface area contributed by atoms with Gasteiger partial charge in [0.05, 0.1) is 25.0 Å². The SMILES string of the molecule is C=C(NOCCOC1CCN(C(=O)O)CC1)c1cccnc1. The smallest absolute Gasteiger partial charge is 0.407 e. The summed E-state index contributed by atoms with van der Waals surface area (Å²) in [5, 5.41) is 8.86. The molecule has 1 aromatic rings. The first-order valence-electron chi connectivity index (χ1n) is 7.23. The minimum absolute atomic E-state index is 0.0979. The third kappa shape index (κ3) is 5.01. The van der Waals surface area contributed by atoms with Crippen molar-refractivity contribution in [2.45, 2.75) is 18.9 Å². The van der Waals surface area contributed by atoms with Gasteiger partial charge in [-0.25, -0.2) is 4.79 Å². The molecule has 1 aliphatic rings. The van der Waals surface area contributed by atoms with Gasteiger partial charge in [-0.1, -0.05) is 6.58 Å². The number of nitrogens with one attached hydrogen (secondary N) is 1. The Kier molecular flexibility index (Phi) is 6.17. The number of likely N-dealkylation sites (tertiary alicyclic amines) is 1. The molecule has 7 heteroatoms. The van der Waals surface area contributed by atoms with Crippen molar-refractivity contribution in [3.63, 3.8) is 0 Å². The number of aromatic nitrogens is 1. The molecule has 0 unspecified atom stereocenters. The molecule has 1 aromatic heterocycles. The fourth-order valence-corrected chi connectivity index (χ4v) is 2.21. The molecule has 0 spiro atoms. The van der Waals surface area contributed by atoms with Crippen LogP contribution in [-0.2, 0) is 9.57 Å². The highest BCUT2D eigenvalue weighted by Gasteiger charge is 2.22. The molecule has 0 saturated carbocycles. The van der Waals surface area contributed by atoms with Gasteiger partial charge in [0.1, 0.15) is 0 Å². The zero-order chi connectivity index (χ0) is 15.8. The van der Waals surface area contributed by atoms with Crippen molar-refractivity contribution in [1.29, 1.82) is 0 Å². The Morgan fingerprint density at radius 2 is 2.23 bits per heavy atom. The highest BCUT2D eigenvalue weighted by atomic mass is 16.7. The zero-order valence-corrected chi connectivity index (χ0v) is 12.4. The number of ether oxygens (including phenoxy) is 1. The van der Waals surface area contributed by atoms with E-state index in [-0.39, 0.29) is 6.10 Å². The van der Waals surface area contributed by atoms with Gasteiger partial charge in [-0.15, -0.1) is 0 Å². The molecule has 2 rings (SSSR count). The molecule has 1 aliphatic heterocycles. The Balaban J connectivity index is 1.55. The van der Waals surface area contributed by atoms with Crippen molar-refractivity contribution in [3.8, 4) is 0 Å². The average molecular weight is 307 g/mol. The minimum atomic E-state index is -0.861. The van der Waals surface area contributed by atoms with Crippen LogP contribution in [0.1, 0.15) is 18.4 Å². The first kappa shape index (κ1) is 16.3. The van der Waals surface area contributed by atoms with E-state index in [2.05, 4.69) is 17.0 Å². The Morgan fingerprint density at radius 3 is 2.86 bits per heavy atom. The summed E-state index contributed by atoms with van der Waals surface area (Å²) >= 11 is 0. The predicted molar refractivity (Wildman–Crippen MR) is 80.9 cm³/mol. The molecule has 0 aliphatic carbocycles. The molecule has 7 nitrogen and oxygen atoms in total. The van der Waals surface area contributed by atoms with Crippen LogP contribution in [0.3, 0.4) is 0 Å². The van der Waals surface area contributed by atoms with Crippen molar-refractivity contribution in [2.75, 3.05) is 26.3 Å². The Labute approximate surface area is 129 Å². The summed E-state index contributed by atoms with van der Waals surface area (Å²) in [6, 6.07) is 3.72. The van der Waals surface area contributed by atoms with Gasteiger partial charge >= 0.3 is 6.09 Å². The molecular formula is C15H21N3O4. The second-order valence-corrected chi connectivity index (χ2v) is 5.01. The lowest BCUT2D eigenvalue weighted by molar-refractivity contribution is -0.0328. The second kappa shape index (κ2) is 8.35. The van der Waals surface area contributed by atoms with Gasteiger partial charge in [-0.3, -0.25) is 15.3 Å². The van der Waals surface area contributed by atoms with E-state index in [1.54, 1.807) is 12.4 Å². The summed E-state index contributed by atoms with van der Waals surface area (Å²) in [5.41, 5.74) is 4.27. The summed E-state index contributed by atoms with van der Waals surface area (Å²) in [7, 11) is 0. The minimum Gasteiger partial charge on any atom is -0.465 e. The Hall–Kier alpha value is -2.12. The van der Waals surface area contributed by atoms with Crippen LogP contribution in [0.2, 0.25) is 0 Å². The summed E-state index contributed by atoms with van der Waals surface area (Å²) in [4.78, 5) is 21.5. The molecule has 1 saturated heterocycles. The fraction of sp³-hybridized carbons (Fsp3) is 0.467. The summed E-state index contributed by atoms with van der Waals surface area (Å²) in [6.07, 6.45) is 4.08. The van der Waals surface area contributed by atoms with Gasteiger partial charge in [-0.05, 0) is 25.0 Å². The molecule has 2 N–H and O–H groups in total. The van der Waals surface area contributed by atoms with E-state index in [1.165, 1.54) is 4.90 Å². The maximum atomic E-state index is 10.8. The molecule has 0 atom stereocenters. The van der Waals surface area contributed by atoms with Gasteiger partial charge in [-0.2, -0.15) is 0 Å². The van der Waals surface area contributed by atoms with Crippen molar-refractivity contribution >= 4 is 11.8 Å². The summed E-state index contributed by atoms with van der Waals surface area (Å²) < 4.78 is 5.67. The predicted octanol–water partition coefficient (Wildman–Crippen LogP) is 1.73. The second-order valence-electron chi connectivity index (χ2n) is 5.01. The van der Waals surface area contributed by atoms with Crippen LogP contribution in [0.5, 0.6) is 0 Å². The molecule has 1 fully saturated rings. The van der Waals surface area contributed by atoms with Gasteiger partial charge in [0, 0.05) is 31.0 Å². The maximum absolute atomic E-state index is 10.8. The van der Waals surface area contributed by atoms with E-state index in [0.29, 0.717) is 32.0 Å². The van der Waals surface area contributed by atoms with Crippen LogP contribution in [0, 0.1) is 0 Å². The Bertz CT molecular complexity index is 487. The molecule has 0 aromatic carbocycles. The van der Waals surface area contributed by atoms with Gasteiger partial charge in [0.2, 0.25) is 0 Å². The highest BCUT2D eigenvalue weighted by Crippen LogP contribution is 2.13. The van der Waals surface area contributed by atoms with Gasteiger partial charge < -0.3 is 14.7 Å². The van der Waals surface area contributed by atoms with Crippen LogP contribution in [0.15, 0.2) is 31.1 Å².